The summed E-state index contributed by atoms with van der Waals surface area (Å²) >= 11 is 6.47. The average Bonchev–Trinajstić information content (AvgIpc) is 3.34. The van der Waals surface area contributed by atoms with E-state index in [-0.39, 0.29) is 32.9 Å². The van der Waals surface area contributed by atoms with Gasteiger partial charge in [0.05, 0.1) is 12.7 Å². The summed E-state index contributed by atoms with van der Waals surface area (Å²) in [6.07, 6.45) is 12.8. The molecule has 0 aliphatic heterocycles. The smallest absolute Gasteiger partial charge is 0.337 e. The van der Waals surface area contributed by atoms with E-state index in [4.69, 9.17) is 16.3 Å². The highest BCUT2D eigenvalue weighted by atomic mass is 35.5. The van der Waals surface area contributed by atoms with Crippen LogP contribution in [0, 0.1) is 57.2 Å². The monoisotopic (exact) mass is 576 g/mol. The van der Waals surface area contributed by atoms with Crippen LogP contribution in [0.5, 0.6) is 0 Å². The highest BCUT2D eigenvalue weighted by Gasteiger charge is 2.67. The van der Waals surface area contributed by atoms with Crippen LogP contribution in [0.3, 0.4) is 0 Å². The molecule has 0 aromatic heterocycles. The first-order chi connectivity index (χ1) is 19.3. The van der Waals surface area contributed by atoms with Crippen LogP contribution in [0.25, 0.3) is 5.57 Å². The van der Waals surface area contributed by atoms with Crippen LogP contribution in [0.2, 0.25) is 0 Å². The number of carbonyl (C=O) groups excluding carboxylic acids is 2. The number of benzene rings is 1. The second-order valence-electron chi connectivity index (χ2n) is 15.6. The van der Waals surface area contributed by atoms with E-state index in [0.29, 0.717) is 41.1 Å². The highest BCUT2D eigenvalue weighted by molar-refractivity contribution is 6.64. The SMILES string of the molecule is C=C(C)C1CCC2(C(=O)Cl)CCC3(C)C(CCC4C3CCC3C(C)(C)C(c5ccc(C(=O)OC)cc5)=CCC43C)C12. The van der Waals surface area contributed by atoms with Crippen LogP contribution in [0.15, 0.2) is 42.5 Å². The molecule has 4 saturated carbocycles. The fraction of sp³-hybridized carbons (Fsp3) is 0.676. The topological polar surface area (TPSA) is 43.4 Å². The summed E-state index contributed by atoms with van der Waals surface area (Å²) in [5.74, 6) is 3.06. The van der Waals surface area contributed by atoms with Crippen LogP contribution in [-0.4, -0.2) is 18.3 Å². The Balaban J connectivity index is 1.32. The minimum Gasteiger partial charge on any atom is -0.465 e. The lowest BCUT2D eigenvalue weighted by Crippen LogP contribution is -2.61. The quantitative estimate of drug-likeness (QED) is 0.204. The summed E-state index contributed by atoms with van der Waals surface area (Å²) in [6.45, 7) is 16.7. The molecule has 0 saturated heterocycles. The zero-order chi connectivity index (χ0) is 29.5. The third kappa shape index (κ3) is 4.03. The van der Waals surface area contributed by atoms with Crippen molar-refractivity contribution in [3.63, 3.8) is 0 Å². The van der Waals surface area contributed by atoms with Gasteiger partial charge in [-0.2, -0.15) is 0 Å². The molecule has 0 bridgehead atoms. The van der Waals surface area contributed by atoms with Crippen molar-refractivity contribution in [1.82, 2.24) is 0 Å². The minimum absolute atomic E-state index is 0.0474. The number of carbonyl (C=O) groups is 2. The van der Waals surface area contributed by atoms with E-state index < -0.39 is 0 Å². The molecule has 1 aromatic rings. The number of fused-ring (bicyclic) bond motifs is 7. The predicted molar refractivity (Wildman–Crippen MR) is 166 cm³/mol. The van der Waals surface area contributed by atoms with Crippen LogP contribution in [-0.2, 0) is 9.53 Å². The van der Waals surface area contributed by atoms with Crippen LogP contribution < -0.4 is 0 Å². The van der Waals surface area contributed by atoms with E-state index in [1.165, 1.54) is 49.5 Å². The summed E-state index contributed by atoms with van der Waals surface area (Å²) in [4.78, 5) is 25.1. The van der Waals surface area contributed by atoms with Gasteiger partial charge in [-0.25, -0.2) is 4.79 Å². The molecule has 9 atom stereocenters. The van der Waals surface area contributed by atoms with Gasteiger partial charge in [-0.3, -0.25) is 4.79 Å². The number of ether oxygens (including phenoxy) is 1. The number of hydrogen-bond donors (Lipinski definition) is 0. The first-order valence-corrected chi connectivity index (χ1v) is 16.4. The molecule has 4 fully saturated rings. The molecule has 0 N–H and O–H groups in total. The number of halogens is 1. The maximum atomic E-state index is 13.1. The van der Waals surface area contributed by atoms with Gasteiger partial charge >= 0.3 is 5.97 Å². The van der Waals surface area contributed by atoms with E-state index >= 15 is 0 Å². The van der Waals surface area contributed by atoms with Gasteiger partial charge in [-0.15, -0.1) is 0 Å². The molecule has 0 radical (unpaired) electrons. The Morgan fingerprint density at radius 3 is 2.15 bits per heavy atom. The average molecular weight is 577 g/mol. The Morgan fingerprint density at radius 1 is 0.878 bits per heavy atom. The maximum Gasteiger partial charge on any atom is 0.337 e. The largest absolute Gasteiger partial charge is 0.465 e. The zero-order valence-corrected chi connectivity index (χ0v) is 26.8. The molecule has 1 aromatic carbocycles. The molecule has 5 aliphatic rings. The number of hydrogen-bond acceptors (Lipinski definition) is 3. The summed E-state index contributed by atoms with van der Waals surface area (Å²) in [6, 6.07) is 8.01. The Morgan fingerprint density at radius 2 is 1.51 bits per heavy atom. The van der Waals surface area contributed by atoms with Gasteiger partial charge in [0.15, 0.2) is 0 Å². The first-order valence-electron chi connectivity index (χ1n) is 16.1. The molecule has 41 heavy (non-hydrogen) atoms. The van der Waals surface area contributed by atoms with E-state index in [9.17, 15) is 9.59 Å². The summed E-state index contributed by atoms with van der Waals surface area (Å²) < 4.78 is 4.92. The van der Waals surface area contributed by atoms with Crippen molar-refractivity contribution in [3.05, 3.63) is 53.6 Å². The summed E-state index contributed by atoms with van der Waals surface area (Å²) in [5.41, 5.74) is 4.73. The van der Waals surface area contributed by atoms with Crippen LogP contribution in [0.1, 0.15) is 108 Å². The van der Waals surface area contributed by atoms with Crippen LogP contribution >= 0.6 is 11.6 Å². The molecular formula is C37H49ClO3. The Bertz CT molecular complexity index is 1290. The second kappa shape index (κ2) is 9.83. The van der Waals surface area contributed by atoms with Crippen LogP contribution in [0.4, 0.5) is 0 Å². The lowest BCUT2D eigenvalue weighted by Gasteiger charge is -2.67. The summed E-state index contributed by atoms with van der Waals surface area (Å²) in [5, 5.41) is -0.0718. The van der Waals surface area contributed by atoms with Gasteiger partial charge in [-0.05, 0) is 151 Å². The Hall–Kier alpha value is -1.87. The van der Waals surface area contributed by atoms with E-state index in [1.54, 1.807) is 0 Å². The molecular weight excluding hydrogens is 528 g/mol. The van der Waals surface area contributed by atoms with Gasteiger partial charge in [-0.1, -0.05) is 58.1 Å². The third-order valence-electron chi connectivity index (χ3n) is 13.8. The highest BCUT2D eigenvalue weighted by Crippen LogP contribution is 2.74. The second-order valence-corrected chi connectivity index (χ2v) is 15.9. The molecule has 9 unspecified atom stereocenters. The van der Waals surface area contributed by atoms with E-state index in [0.717, 1.165) is 32.1 Å². The van der Waals surface area contributed by atoms with Crippen molar-refractivity contribution in [1.29, 1.82) is 0 Å². The number of rotatable bonds is 4. The molecule has 222 valence electrons. The molecule has 0 amide bonds. The van der Waals surface area contributed by atoms with Crippen molar-refractivity contribution in [3.8, 4) is 0 Å². The van der Waals surface area contributed by atoms with Crippen molar-refractivity contribution in [2.45, 2.75) is 92.4 Å². The predicted octanol–water partition coefficient (Wildman–Crippen LogP) is 9.50. The van der Waals surface area contributed by atoms with Crippen molar-refractivity contribution < 1.29 is 14.3 Å². The Kier molecular flexibility index (Phi) is 7.00. The van der Waals surface area contributed by atoms with Crippen molar-refractivity contribution >= 4 is 28.4 Å². The normalized spacial score (nSPS) is 42.6. The minimum atomic E-state index is -0.336. The van der Waals surface area contributed by atoms with Gasteiger partial charge in [0.25, 0.3) is 0 Å². The molecule has 6 rings (SSSR count). The maximum absolute atomic E-state index is 13.1. The number of methoxy groups -OCH3 is 1. The lowest BCUT2D eigenvalue weighted by molar-refractivity contribution is -0.177. The van der Waals surface area contributed by atoms with Crippen molar-refractivity contribution in [2.75, 3.05) is 7.11 Å². The first kappa shape index (κ1) is 29.2. The molecule has 4 heteroatoms. The summed E-state index contributed by atoms with van der Waals surface area (Å²) in [7, 11) is 1.43. The Labute approximate surface area is 252 Å². The number of allylic oxidation sites excluding steroid dienone is 3. The van der Waals surface area contributed by atoms with E-state index in [2.05, 4.69) is 59.4 Å². The van der Waals surface area contributed by atoms with Gasteiger partial charge in [0.2, 0.25) is 5.24 Å². The third-order valence-corrected chi connectivity index (χ3v) is 14.2. The molecule has 5 aliphatic carbocycles. The number of esters is 1. The lowest BCUT2D eigenvalue weighted by atomic mass is 9.37. The molecule has 3 nitrogen and oxygen atoms in total. The molecule has 0 heterocycles. The van der Waals surface area contributed by atoms with Crippen molar-refractivity contribution in [2.24, 2.45) is 57.2 Å². The van der Waals surface area contributed by atoms with Gasteiger partial charge in [0, 0.05) is 5.41 Å². The standard InChI is InChI=1S/C37H49ClO3/c1-22(2)25-16-19-37(33(38)40)21-20-35(5)27-14-15-30-34(3,4)26(23-8-10-24(11-9-23)32(39)41-7)17-18-36(30,6)28(27)12-13-29(35)31(25)37/h8-11,17,25,27-31H,1,12-16,18-21H2,2-7H3. The zero-order valence-electron chi connectivity index (χ0n) is 26.0. The fourth-order valence-corrected chi connectivity index (χ4v) is 12.3. The van der Waals surface area contributed by atoms with E-state index in [1.807, 2.05) is 12.1 Å². The van der Waals surface area contributed by atoms with Gasteiger partial charge in [0.1, 0.15) is 0 Å². The fourth-order valence-electron chi connectivity index (χ4n) is 12.0. The molecule has 0 spiro atoms. The van der Waals surface area contributed by atoms with Gasteiger partial charge < -0.3 is 4.74 Å².